The summed E-state index contributed by atoms with van der Waals surface area (Å²) in [5, 5.41) is 5.69. The number of hydrogen-bond acceptors (Lipinski definition) is 4. The van der Waals surface area contributed by atoms with Gasteiger partial charge < -0.3 is 20.0 Å². The monoisotopic (exact) mass is 411 g/mol. The van der Waals surface area contributed by atoms with E-state index in [4.69, 9.17) is 16.0 Å². The number of hydrogen-bond donors (Lipinski definition) is 2. The predicted molar refractivity (Wildman–Crippen MR) is 111 cm³/mol. The second-order valence-electron chi connectivity index (χ2n) is 6.36. The van der Waals surface area contributed by atoms with Gasteiger partial charge in [-0.3, -0.25) is 14.4 Å². The van der Waals surface area contributed by atoms with E-state index in [1.165, 1.54) is 23.3 Å². The first-order valence-corrected chi connectivity index (χ1v) is 9.00. The van der Waals surface area contributed by atoms with Crippen LogP contribution in [0.1, 0.15) is 31.3 Å². The number of halogens is 1. The molecule has 8 heteroatoms. The fraction of sp³-hybridized carbons (Fsp3) is 0.0952. The third-order valence-electron chi connectivity index (χ3n) is 3.99. The summed E-state index contributed by atoms with van der Waals surface area (Å²) in [5.41, 5.74) is 1.49. The summed E-state index contributed by atoms with van der Waals surface area (Å²) in [5.74, 6) is -0.922. The molecule has 0 fully saturated rings. The second kappa shape index (κ2) is 8.62. The van der Waals surface area contributed by atoms with Gasteiger partial charge in [-0.15, -0.1) is 0 Å². The molecule has 0 saturated heterocycles. The molecule has 29 heavy (non-hydrogen) atoms. The van der Waals surface area contributed by atoms with Crippen molar-refractivity contribution in [2.45, 2.75) is 0 Å². The molecular weight excluding hydrogens is 394 g/mol. The van der Waals surface area contributed by atoms with E-state index in [9.17, 15) is 14.4 Å². The number of furan rings is 1. The van der Waals surface area contributed by atoms with Gasteiger partial charge in [-0.05, 0) is 48.5 Å². The highest BCUT2D eigenvalue weighted by molar-refractivity contribution is 6.34. The Labute approximate surface area is 172 Å². The van der Waals surface area contributed by atoms with Crippen molar-refractivity contribution in [3.8, 4) is 0 Å². The zero-order valence-electron chi connectivity index (χ0n) is 15.7. The summed E-state index contributed by atoms with van der Waals surface area (Å²) < 4.78 is 5.05. The van der Waals surface area contributed by atoms with Gasteiger partial charge in [0.25, 0.3) is 17.7 Å². The van der Waals surface area contributed by atoms with Crippen LogP contribution in [-0.2, 0) is 0 Å². The zero-order valence-corrected chi connectivity index (χ0v) is 16.5. The number of carbonyl (C=O) groups is 3. The van der Waals surface area contributed by atoms with Crippen molar-refractivity contribution in [3.05, 3.63) is 82.8 Å². The molecule has 0 saturated carbocycles. The SMILES string of the molecule is CN(C)C(=O)c1cc(NC(=O)c2cccc(NC(=O)c3ccco3)c2)ccc1Cl. The van der Waals surface area contributed by atoms with E-state index < -0.39 is 11.8 Å². The van der Waals surface area contributed by atoms with E-state index >= 15 is 0 Å². The molecule has 1 aromatic heterocycles. The summed E-state index contributed by atoms with van der Waals surface area (Å²) in [4.78, 5) is 38.3. The Morgan fingerprint density at radius 3 is 2.31 bits per heavy atom. The molecule has 3 rings (SSSR count). The first kappa shape index (κ1) is 20.2. The van der Waals surface area contributed by atoms with Gasteiger partial charge in [0.15, 0.2) is 5.76 Å². The molecule has 3 aromatic rings. The summed E-state index contributed by atoms with van der Waals surface area (Å²) in [6.07, 6.45) is 1.40. The molecule has 148 valence electrons. The van der Waals surface area contributed by atoms with Gasteiger partial charge in [0, 0.05) is 31.0 Å². The fourth-order valence-electron chi connectivity index (χ4n) is 2.55. The maximum atomic E-state index is 12.6. The minimum Gasteiger partial charge on any atom is -0.459 e. The topological polar surface area (TPSA) is 91.7 Å². The van der Waals surface area contributed by atoms with Crippen molar-refractivity contribution in [2.24, 2.45) is 0 Å². The molecule has 0 radical (unpaired) electrons. The van der Waals surface area contributed by atoms with Crippen LogP contribution in [0.4, 0.5) is 11.4 Å². The van der Waals surface area contributed by atoms with Gasteiger partial charge in [-0.1, -0.05) is 17.7 Å². The van der Waals surface area contributed by atoms with E-state index in [1.807, 2.05) is 0 Å². The number of amides is 3. The molecule has 1 heterocycles. The predicted octanol–water partition coefficient (Wildman–Crippen LogP) is 4.14. The molecule has 0 unspecified atom stereocenters. The van der Waals surface area contributed by atoms with Crippen LogP contribution in [0.15, 0.2) is 65.3 Å². The lowest BCUT2D eigenvalue weighted by molar-refractivity contribution is 0.0827. The highest BCUT2D eigenvalue weighted by Gasteiger charge is 2.15. The summed E-state index contributed by atoms with van der Waals surface area (Å²) in [6.45, 7) is 0. The summed E-state index contributed by atoms with van der Waals surface area (Å²) >= 11 is 6.09. The van der Waals surface area contributed by atoms with E-state index in [2.05, 4.69) is 10.6 Å². The van der Waals surface area contributed by atoms with E-state index in [0.29, 0.717) is 22.0 Å². The molecule has 0 aliphatic rings. The second-order valence-corrected chi connectivity index (χ2v) is 6.77. The van der Waals surface area contributed by atoms with Crippen LogP contribution in [0, 0.1) is 0 Å². The van der Waals surface area contributed by atoms with Gasteiger partial charge in [0.2, 0.25) is 0 Å². The molecule has 0 spiro atoms. The Morgan fingerprint density at radius 2 is 1.62 bits per heavy atom. The van der Waals surface area contributed by atoms with Crippen LogP contribution in [0.3, 0.4) is 0 Å². The lowest BCUT2D eigenvalue weighted by Gasteiger charge is -2.13. The molecule has 2 aromatic carbocycles. The molecule has 2 N–H and O–H groups in total. The number of anilines is 2. The molecule has 3 amide bonds. The highest BCUT2D eigenvalue weighted by atomic mass is 35.5. The van der Waals surface area contributed by atoms with Crippen molar-refractivity contribution in [3.63, 3.8) is 0 Å². The Hall–Kier alpha value is -3.58. The number of nitrogens with zero attached hydrogens (tertiary/aromatic N) is 1. The van der Waals surface area contributed by atoms with Gasteiger partial charge in [-0.25, -0.2) is 0 Å². The minimum absolute atomic E-state index is 0.166. The maximum absolute atomic E-state index is 12.6. The quantitative estimate of drug-likeness (QED) is 0.660. The Morgan fingerprint density at radius 1 is 0.897 bits per heavy atom. The van der Waals surface area contributed by atoms with Crippen LogP contribution >= 0.6 is 11.6 Å². The van der Waals surface area contributed by atoms with Crippen molar-refractivity contribution in [2.75, 3.05) is 24.7 Å². The van der Waals surface area contributed by atoms with Gasteiger partial charge in [0.05, 0.1) is 16.8 Å². The van der Waals surface area contributed by atoms with Crippen LogP contribution in [0.5, 0.6) is 0 Å². The van der Waals surface area contributed by atoms with E-state index in [0.717, 1.165) is 0 Å². The van der Waals surface area contributed by atoms with Crippen molar-refractivity contribution in [1.29, 1.82) is 0 Å². The van der Waals surface area contributed by atoms with E-state index in [-0.39, 0.29) is 17.2 Å². The van der Waals surface area contributed by atoms with Gasteiger partial charge in [-0.2, -0.15) is 0 Å². The number of nitrogens with one attached hydrogen (secondary N) is 2. The first-order valence-electron chi connectivity index (χ1n) is 8.62. The molecular formula is C21H18ClN3O4. The average Bonchev–Trinajstić information content (AvgIpc) is 3.24. The normalized spacial score (nSPS) is 10.3. The van der Waals surface area contributed by atoms with E-state index in [1.54, 1.807) is 56.6 Å². The number of carbonyl (C=O) groups excluding carboxylic acids is 3. The maximum Gasteiger partial charge on any atom is 0.291 e. The number of rotatable bonds is 5. The highest BCUT2D eigenvalue weighted by Crippen LogP contribution is 2.22. The molecule has 0 aliphatic carbocycles. The lowest BCUT2D eigenvalue weighted by Crippen LogP contribution is -2.22. The van der Waals surface area contributed by atoms with Gasteiger partial charge in [0.1, 0.15) is 0 Å². The molecule has 7 nitrogen and oxygen atoms in total. The molecule has 0 aliphatic heterocycles. The lowest BCUT2D eigenvalue weighted by atomic mass is 10.1. The third kappa shape index (κ3) is 4.83. The van der Waals surface area contributed by atoms with Gasteiger partial charge >= 0.3 is 0 Å². The Bertz CT molecular complexity index is 1060. The Kier molecular flexibility index (Phi) is 5.99. The Balaban J connectivity index is 1.75. The van der Waals surface area contributed by atoms with Crippen LogP contribution < -0.4 is 10.6 Å². The van der Waals surface area contributed by atoms with Crippen LogP contribution in [0.2, 0.25) is 5.02 Å². The van der Waals surface area contributed by atoms with Crippen molar-refractivity contribution in [1.82, 2.24) is 4.90 Å². The van der Waals surface area contributed by atoms with Crippen molar-refractivity contribution < 1.29 is 18.8 Å². The average molecular weight is 412 g/mol. The fourth-order valence-corrected chi connectivity index (χ4v) is 2.75. The minimum atomic E-state index is -0.419. The summed E-state index contributed by atoms with van der Waals surface area (Å²) in [6, 6.07) is 14.3. The van der Waals surface area contributed by atoms with Crippen molar-refractivity contribution >= 4 is 40.7 Å². The standard InChI is InChI=1S/C21H18ClN3O4/c1-25(2)21(28)16-12-15(8-9-17(16)22)23-19(26)13-5-3-6-14(11-13)24-20(27)18-7-4-10-29-18/h3-12H,1-2H3,(H,23,26)(H,24,27). The smallest absolute Gasteiger partial charge is 0.291 e. The number of benzene rings is 2. The molecule has 0 bridgehead atoms. The largest absolute Gasteiger partial charge is 0.459 e. The summed E-state index contributed by atoms with van der Waals surface area (Å²) in [7, 11) is 3.23. The molecule has 0 atom stereocenters. The first-order chi connectivity index (χ1) is 13.8. The zero-order chi connectivity index (χ0) is 21.0. The van der Waals surface area contributed by atoms with Crippen LogP contribution in [0.25, 0.3) is 0 Å². The van der Waals surface area contributed by atoms with Crippen LogP contribution in [-0.4, -0.2) is 36.7 Å². The third-order valence-corrected chi connectivity index (χ3v) is 4.32.